The smallest absolute Gasteiger partial charge is 0.125 e. The predicted octanol–water partition coefficient (Wildman–Crippen LogP) is 3.35. The average molecular weight is 193 g/mol. The topological polar surface area (TPSA) is 12.0 Å². The first kappa shape index (κ1) is 9.50. The Bertz CT molecular complexity index is 298. The molecule has 1 fully saturated rings. The molecular formula is C12H16FN. The molecule has 2 heteroatoms. The van der Waals surface area contributed by atoms with Gasteiger partial charge >= 0.3 is 0 Å². The fraction of sp³-hybridized carbons (Fsp3) is 0.500. The minimum atomic E-state index is -0.152. The Kier molecular flexibility index (Phi) is 2.71. The van der Waals surface area contributed by atoms with Gasteiger partial charge in [-0.2, -0.15) is 0 Å². The summed E-state index contributed by atoms with van der Waals surface area (Å²) in [5, 5.41) is 3.29. The fourth-order valence-corrected chi connectivity index (χ4v) is 1.80. The molecule has 0 bridgehead atoms. The molecule has 1 saturated carbocycles. The molecule has 1 aromatic rings. The molecule has 0 saturated heterocycles. The van der Waals surface area contributed by atoms with E-state index in [1.54, 1.807) is 12.1 Å². The summed E-state index contributed by atoms with van der Waals surface area (Å²) in [6.07, 6.45) is 4.00. The van der Waals surface area contributed by atoms with Gasteiger partial charge in [0.15, 0.2) is 0 Å². The minimum Gasteiger partial charge on any atom is -0.385 e. The molecule has 0 atom stereocenters. The van der Waals surface area contributed by atoms with Crippen molar-refractivity contribution in [3.8, 4) is 0 Å². The molecule has 0 amide bonds. The third-order valence-electron chi connectivity index (χ3n) is 2.86. The van der Waals surface area contributed by atoms with E-state index in [4.69, 9.17) is 0 Å². The number of anilines is 1. The molecular weight excluding hydrogens is 177 g/mol. The molecule has 0 radical (unpaired) electrons. The maximum absolute atomic E-state index is 13.0. The van der Waals surface area contributed by atoms with Gasteiger partial charge in [-0.15, -0.1) is 0 Å². The van der Waals surface area contributed by atoms with E-state index in [9.17, 15) is 4.39 Å². The fourth-order valence-electron chi connectivity index (χ4n) is 1.80. The second kappa shape index (κ2) is 3.99. The first-order chi connectivity index (χ1) is 6.74. The van der Waals surface area contributed by atoms with Gasteiger partial charge in [-0.25, -0.2) is 4.39 Å². The lowest BCUT2D eigenvalue weighted by molar-refractivity contribution is 0.333. The van der Waals surface area contributed by atoms with Crippen molar-refractivity contribution in [2.75, 3.05) is 11.9 Å². The molecule has 1 aromatic carbocycles. The minimum absolute atomic E-state index is 0.152. The van der Waals surface area contributed by atoms with Crippen molar-refractivity contribution in [2.45, 2.75) is 26.2 Å². The molecule has 0 unspecified atom stereocenters. The maximum atomic E-state index is 13.0. The molecule has 76 valence electrons. The second-order valence-electron chi connectivity index (χ2n) is 4.20. The molecule has 0 aromatic heterocycles. The number of hydrogen-bond donors (Lipinski definition) is 1. The van der Waals surface area contributed by atoms with E-state index in [0.717, 1.165) is 23.7 Å². The van der Waals surface area contributed by atoms with Crippen LogP contribution in [0.2, 0.25) is 0 Å². The van der Waals surface area contributed by atoms with Gasteiger partial charge in [-0.3, -0.25) is 0 Å². The Labute approximate surface area is 84.3 Å². The van der Waals surface area contributed by atoms with Crippen LogP contribution >= 0.6 is 0 Å². The molecule has 14 heavy (non-hydrogen) atoms. The number of nitrogens with one attached hydrogen (secondary N) is 1. The zero-order valence-corrected chi connectivity index (χ0v) is 8.52. The van der Waals surface area contributed by atoms with Crippen molar-refractivity contribution >= 4 is 5.69 Å². The molecule has 0 spiro atoms. The molecule has 0 aliphatic heterocycles. The van der Waals surface area contributed by atoms with Gasteiger partial charge in [0.25, 0.3) is 0 Å². The van der Waals surface area contributed by atoms with Crippen LogP contribution in [0.3, 0.4) is 0 Å². The van der Waals surface area contributed by atoms with Gasteiger partial charge in [0.1, 0.15) is 5.82 Å². The average Bonchev–Trinajstić information content (AvgIpc) is 1.99. The normalized spacial score (nSPS) is 16.4. The Hall–Kier alpha value is -1.05. The van der Waals surface area contributed by atoms with Gasteiger partial charge < -0.3 is 5.32 Å². The third-order valence-corrected chi connectivity index (χ3v) is 2.86. The van der Waals surface area contributed by atoms with Crippen molar-refractivity contribution in [2.24, 2.45) is 5.92 Å². The molecule has 1 aliphatic rings. The second-order valence-corrected chi connectivity index (χ2v) is 4.20. The summed E-state index contributed by atoms with van der Waals surface area (Å²) in [5.74, 6) is 0.652. The van der Waals surface area contributed by atoms with Gasteiger partial charge in [0, 0.05) is 12.2 Å². The Morgan fingerprint density at radius 1 is 1.36 bits per heavy atom. The zero-order chi connectivity index (χ0) is 9.97. The van der Waals surface area contributed by atoms with Crippen LogP contribution in [0.5, 0.6) is 0 Å². The van der Waals surface area contributed by atoms with E-state index < -0.39 is 0 Å². The molecule has 1 N–H and O–H groups in total. The Morgan fingerprint density at radius 2 is 2.14 bits per heavy atom. The van der Waals surface area contributed by atoms with Crippen molar-refractivity contribution in [1.82, 2.24) is 0 Å². The van der Waals surface area contributed by atoms with Crippen LogP contribution in [0.15, 0.2) is 18.2 Å². The zero-order valence-electron chi connectivity index (χ0n) is 8.52. The van der Waals surface area contributed by atoms with E-state index in [2.05, 4.69) is 5.32 Å². The first-order valence-corrected chi connectivity index (χ1v) is 5.25. The standard InChI is InChI=1S/C12H16FN/c1-9-5-11(13)7-12(6-9)14-8-10-3-2-4-10/h5-7,10,14H,2-4,8H2,1H3. The maximum Gasteiger partial charge on any atom is 0.125 e. The van der Waals surface area contributed by atoms with E-state index in [-0.39, 0.29) is 5.82 Å². The predicted molar refractivity (Wildman–Crippen MR) is 57.0 cm³/mol. The highest BCUT2D eigenvalue weighted by Gasteiger charge is 2.16. The lowest BCUT2D eigenvalue weighted by Gasteiger charge is -2.25. The van der Waals surface area contributed by atoms with Crippen LogP contribution < -0.4 is 5.32 Å². The van der Waals surface area contributed by atoms with Crippen LogP contribution in [0, 0.1) is 18.7 Å². The van der Waals surface area contributed by atoms with Crippen molar-refractivity contribution < 1.29 is 4.39 Å². The van der Waals surface area contributed by atoms with Crippen LogP contribution in [0.1, 0.15) is 24.8 Å². The summed E-state index contributed by atoms with van der Waals surface area (Å²) < 4.78 is 13.0. The molecule has 0 heterocycles. The van der Waals surface area contributed by atoms with E-state index in [1.807, 2.05) is 13.0 Å². The largest absolute Gasteiger partial charge is 0.385 e. The summed E-state index contributed by atoms with van der Waals surface area (Å²) in [7, 11) is 0. The van der Waals surface area contributed by atoms with Crippen molar-refractivity contribution in [3.63, 3.8) is 0 Å². The Balaban J connectivity index is 1.94. The highest BCUT2D eigenvalue weighted by molar-refractivity contribution is 5.46. The van der Waals surface area contributed by atoms with Gasteiger partial charge in [-0.1, -0.05) is 6.42 Å². The van der Waals surface area contributed by atoms with Crippen LogP contribution in [0.4, 0.5) is 10.1 Å². The number of rotatable bonds is 3. The number of halogens is 1. The van der Waals surface area contributed by atoms with Gasteiger partial charge in [0.05, 0.1) is 0 Å². The number of benzene rings is 1. The quantitative estimate of drug-likeness (QED) is 0.776. The highest BCUT2D eigenvalue weighted by atomic mass is 19.1. The van der Waals surface area contributed by atoms with Gasteiger partial charge in [0.2, 0.25) is 0 Å². The van der Waals surface area contributed by atoms with E-state index >= 15 is 0 Å². The summed E-state index contributed by atoms with van der Waals surface area (Å²) in [6, 6.07) is 5.10. The summed E-state index contributed by atoms with van der Waals surface area (Å²) in [5.41, 5.74) is 1.88. The van der Waals surface area contributed by atoms with Crippen molar-refractivity contribution in [3.05, 3.63) is 29.6 Å². The highest BCUT2D eigenvalue weighted by Crippen LogP contribution is 2.26. The van der Waals surface area contributed by atoms with Crippen LogP contribution in [0.25, 0.3) is 0 Å². The van der Waals surface area contributed by atoms with Crippen molar-refractivity contribution in [1.29, 1.82) is 0 Å². The lowest BCUT2D eigenvalue weighted by Crippen LogP contribution is -2.20. The third kappa shape index (κ3) is 2.25. The first-order valence-electron chi connectivity index (χ1n) is 5.25. The SMILES string of the molecule is Cc1cc(F)cc(NCC2CCC2)c1. The molecule has 2 rings (SSSR count). The van der Waals surface area contributed by atoms with Crippen LogP contribution in [-0.4, -0.2) is 6.54 Å². The molecule has 1 nitrogen and oxygen atoms in total. The van der Waals surface area contributed by atoms with Gasteiger partial charge in [-0.05, 0) is 49.4 Å². The Morgan fingerprint density at radius 3 is 2.71 bits per heavy atom. The monoisotopic (exact) mass is 193 g/mol. The molecule has 1 aliphatic carbocycles. The van der Waals surface area contributed by atoms with E-state index in [0.29, 0.717) is 0 Å². The lowest BCUT2D eigenvalue weighted by atomic mass is 9.85. The van der Waals surface area contributed by atoms with Crippen LogP contribution in [-0.2, 0) is 0 Å². The summed E-state index contributed by atoms with van der Waals surface area (Å²) >= 11 is 0. The summed E-state index contributed by atoms with van der Waals surface area (Å²) in [4.78, 5) is 0. The van der Waals surface area contributed by atoms with E-state index in [1.165, 1.54) is 19.3 Å². The number of hydrogen-bond acceptors (Lipinski definition) is 1. The number of aryl methyl sites for hydroxylation is 1. The summed E-state index contributed by atoms with van der Waals surface area (Å²) in [6.45, 7) is 2.90.